The first kappa shape index (κ1) is 17.5. The minimum absolute atomic E-state index is 0.104. The van der Waals surface area contributed by atoms with Crippen LogP contribution in [-0.2, 0) is 17.6 Å². The fraction of sp³-hybridized carbons (Fsp3) is 0.208. The fourth-order valence-corrected chi connectivity index (χ4v) is 4.36. The van der Waals surface area contributed by atoms with E-state index in [4.69, 9.17) is 5.73 Å². The molecule has 3 heteroatoms. The van der Waals surface area contributed by atoms with Gasteiger partial charge in [0, 0.05) is 5.41 Å². The van der Waals surface area contributed by atoms with Gasteiger partial charge in [-0.05, 0) is 52.8 Å². The largest absolute Gasteiger partial charge is 0.481 e. The van der Waals surface area contributed by atoms with Gasteiger partial charge in [0.1, 0.15) is 0 Å². The molecule has 136 valence electrons. The van der Waals surface area contributed by atoms with Crippen molar-refractivity contribution in [2.75, 3.05) is 6.54 Å². The number of hydrogen-bond acceptors (Lipinski definition) is 2. The van der Waals surface area contributed by atoms with Crippen molar-refractivity contribution < 1.29 is 9.90 Å². The maximum atomic E-state index is 11.5. The third-order valence-corrected chi connectivity index (χ3v) is 5.63. The van der Waals surface area contributed by atoms with E-state index in [1.807, 2.05) is 36.4 Å². The summed E-state index contributed by atoms with van der Waals surface area (Å²) in [6.07, 6.45) is 1.53. The van der Waals surface area contributed by atoms with Gasteiger partial charge in [-0.2, -0.15) is 0 Å². The average Bonchev–Trinajstić information content (AvgIpc) is 3.06. The van der Waals surface area contributed by atoms with Crippen molar-refractivity contribution in [1.29, 1.82) is 0 Å². The predicted octanol–water partition coefficient (Wildman–Crippen LogP) is 4.54. The lowest BCUT2D eigenvalue weighted by Crippen LogP contribution is -2.33. The Morgan fingerprint density at radius 2 is 1.52 bits per heavy atom. The molecule has 3 aromatic rings. The predicted molar refractivity (Wildman–Crippen MR) is 108 cm³/mol. The molecule has 0 aromatic heterocycles. The van der Waals surface area contributed by atoms with E-state index in [1.54, 1.807) is 0 Å². The molecule has 3 aromatic carbocycles. The Labute approximate surface area is 159 Å². The molecule has 1 aliphatic rings. The number of aliphatic carboxylic acids is 1. The minimum Gasteiger partial charge on any atom is -0.481 e. The van der Waals surface area contributed by atoms with E-state index in [-0.39, 0.29) is 6.42 Å². The zero-order chi connectivity index (χ0) is 18.9. The second-order valence-corrected chi connectivity index (χ2v) is 7.49. The second kappa shape index (κ2) is 7.01. The van der Waals surface area contributed by atoms with Gasteiger partial charge >= 0.3 is 5.97 Å². The van der Waals surface area contributed by atoms with Crippen molar-refractivity contribution in [3.05, 3.63) is 83.9 Å². The summed E-state index contributed by atoms with van der Waals surface area (Å²) in [7, 11) is 0. The van der Waals surface area contributed by atoms with Gasteiger partial charge in [0.15, 0.2) is 0 Å². The molecule has 0 radical (unpaired) electrons. The van der Waals surface area contributed by atoms with Crippen molar-refractivity contribution in [3.63, 3.8) is 0 Å². The molecule has 0 spiro atoms. The van der Waals surface area contributed by atoms with E-state index in [0.717, 1.165) is 12.0 Å². The molecule has 0 amide bonds. The highest BCUT2D eigenvalue weighted by Crippen LogP contribution is 2.46. The van der Waals surface area contributed by atoms with Gasteiger partial charge in [0.25, 0.3) is 0 Å². The van der Waals surface area contributed by atoms with E-state index in [1.165, 1.54) is 27.8 Å². The maximum absolute atomic E-state index is 11.5. The third kappa shape index (κ3) is 3.26. The molecule has 1 unspecified atom stereocenters. The first-order valence-electron chi connectivity index (χ1n) is 9.29. The molecular weight excluding hydrogens is 334 g/mol. The summed E-state index contributed by atoms with van der Waals surface area (Å²) in [5.74, 6) is -0.780. The van der Waals surface area contributed by atoms with E-state index in [9.17, 15) is 9.90 Å². The van der Waals surface area contributed by atoms with E-state index in [2.05, 4.69) is 36.4 Å². The van der Waals surface area contributed by atoms with Gasteiger partial charge in [0.2, 0.25) is 0 Å². The number of carboxylic acid groups (broad SMARTS) is 1. The SMILES string of the molecule is NCC1(CC(=O)O)Cc2ccc(-c3ccccc3)c(-c3ccccc3)c2C1. The van der Waals surface area contributed by atoms with Crippen LogP contribution >= 0.6 is 0 Å². The highest BCUT2D eigenvalue weighted by Gasteiger charge is 2.39. The lowest BCUT2D eigenvalue weighted by atomic mass is 9.81. The minimum atomic E-state index is -0.780. The number of benzene rings is 3. The van der Waals surface area contributed by atoms with E-state index < -0.39 is 11.4 Å². The summed E-state index contributed by atoms with van der Waals surface area (Å²) in [5.41, 5.74) is 12.9. The Morgan fingerprint density at radius 1 is 0.889 bits per heavy atom. The molecule has 1 atom stereocenters. The third-order valence-electron chi connectivity index (χ3n) is 5.63. The molecule has 0 saturated heterocycles. The summed E-state index contributed by atoms with van der Waals surface area (Å²) in [4.78, 5) is 11.5. The monoisotopic (exact) mass is 357 g/mol. The number of carbonyl (C=O) groups is 1. The Balaban J connectivity index is 1.91. The van der Waals surface area contributed by atoms with Crippen molar-refractivity contribution in [3.8, 4) is 22.3 Å². The summed E-state index contributed by atoms with van der Waals surface area (Å²) in [6.45, 7) is 0.378. The van der Waals surface area contributed by atoms with Crippen LogP contribution in [-0.4, -0.2) is 17.6 Å². The number of nitrogens with two attached hydrogens (primary N) is 1. The Morgan fingerprint density at radius 3 is 2.11 bits per heavy atom. The fourth-order valence-electron chi connectivity index (χ4n) is 4.36. The van der Waals surface area contributed by atoms with Gasteiger partial charge < -0.3 is 10.8 Å². The zero-order valence-electron chi connectivity index (χ0n) is 15.2. The summed E-state index contributed by atoms with van der Waals surface area (Å²) in [5, 5.41) is 9.41. The molecule has 0 fully saturated rings. The van der Waals surface area contributed by atoms with Crippen molar-refractivity contribution in [2.45, 2.75) is 19.3 Å². The van der Waals surface area contributed by atoms with Crippen molar-refractivity contribution in [2.24, 2.45) is 11.1 Å². The normalized spacial score (nSPS) is 18.3. The maximum Gasteiger partial charge on any atom is 0.303 e. The van der Waals surface area contributed by atoms with Gasteiger partial charge in [-0.15, -0.1) is 0 Å². The molecule has 0 aliphatic heterocycles. The quantitative estimate of drug-likeness (QED) is 0.705. The number of rotatable bonds is 5. The molecule has 0 heterocycles. The number of carboxylic acids is 1. The van der Waals surface area contributed by atoms with Crippen LogP contribution in [0.5, 0.6) is 0 Å². The van der Waals surface area contributed by atoms with Crippen LogP contribution in [0.15, 0.2) is 72.8 Å². The van der Waals surface area contributed by atoms with E-state index >= 15 is 0 Å². The molecule has 0 saturated carbocycles. The number of hydrogen-bond donors (Lipinski definition) is 2. The van der Waals surface area contributed by atoms with Crippen LogP contribution in [0.25, 0.3) is 22.3 Å². The number of fused-ring (bicyclic) bond motifs is 1. The summed E-state index contributed by atoms with van der Waals surface area (Å²) >= 11 is 0. The zero-order valence-corrected chi connectivity index (χ0v) is 15.2. The lowest BCUT2D eigenvalue weighted by Gasteiger charge is -2.25. The molecule has 4 rings (SSSR count). The van der Waals surface area contributed by atoms with Crippen LogP contribution in [0, 0.1) is 5.41 Å². The smallest absolute Gasteiger partial charge is 0.303 e. The Bertz CT molecular complexity index is 966. The molecule has 27 heavy (non-hydrogen) atoms. The molecular formula is C24H23NO2. The molecule has 3 N–H and O–H groups in total. The Hall–Kier alpha value is -2.91. The highest BCUT2D eigenvalue weighted by molar-refractivity contribution is 5.87. The average molecular weight is 357 g/mol. The lowest BCUT2D eigenvalue weighted by molar-refractivity contribution is -0.139. The van der Waals surface area contributed by atoms with Gasteiger partial charge in [-0.25, -0.2) is 0 Å². The first-order chi connectivity index (χ1) is 13.1. The van der Waals surface area contributed by atoms with Crippen LogP contribution < -0.4 is 5.73 Å². The summed E-state index contributed by atoms with van der Waals surface area (Å²) in [6, 6.07) is 25.0. The summed E-state index contributed by atoms with van der Waals surface area (Å²) < 4.78 is 0. The van der Waals surface area contributed by atoms with Gasteiger partial charge in [-0.3, -0.25) is 4.79 Å². The Kier molecular flexibility index (Phi) is 4.54. The second-order valence-electron chi connectivity index (χ2n) is 7.49. The highest BCUT2D eigenvalue weighted by atomic mass is 16.4. The first-order valence-corrected chi connectivity index (χ1v) is 9.29. The van der Waals surface area contributed by atoms with Crippen molar-refractivity contribution >= 4 is 5.97 Å². The van der Waals surface area contributed by atoms with Crippen LogP contribution in [0.4, 0.5) is 0 Å². The molecule has 1 aliphatic carbocycles. The van der Waals surface area contributed by atoms with Gasteiger partial charge in [0.05, 0.1) is 6.42 Å². The molecule has 3 nitrogen and oxygen atoms in total. The van der Waals surface area contributed by atoms with Crippen LogP contribution in [0.3, 0.4) is 0 Å². The van der Waals surface area contributed by atoms with Crippen LogP contribution in [0.2, 0.25) is 0 Å². The topological polar surface area (TPSA) is 63.3 Å². The van der Waals surface area contributed by atoms with E-state index in [0.29, 0.717) is 13.0 Å². The van der Waals surface area contributed by atoms with Gasteiger partial charge in [-0.1, -0.05) is 72.8 Å². The molecule has 0 bridgehead atoms. The van der Waals surface area contributed by atoms with Crippen LogP contribution in [0.1, 0.15) is 17.5 Å². The van der Waals surface area contributed by atoms with Crippen molar-refractivity contribution in [1.82, 2.24) is 0 Å². The standard InChI is InChI=1S/C24H23NO2/c25-16-24(15-22(26)27)13-19-11-12-20(17-7-3-1-4-8-17)23(21(19)14-24)18-9-5-2-6-10-18/h1-12H,13-16,25H2,(H,26,27).